The summed E-state index contributed by atoms with van der Waals surface area (Å²) in [5, 5.41) is 2.45. The lowest BCUT2D eigenvalue weighted by Crippen LogP contribution is -3.00. The lowest BCUT2D eigenvalue weighted by Gasteiger charge is -2.17. The third-order valence-corrected chi connectivity index (χ3v) is 6.64. The number of aromatic nitrogens is 1. The van der Waals surface area contributed by atoms with Crippen LogP contribution in [0.3, 0.4) is 0 Å². The summed E-state index contributed by atoms with van der Waals surface area (Å²) in [4.78, 5) is 3.60. The molecule has 4 rings (SSSR count). The van der Waals surface area contributed by atoms with Gasteiger partial charge in [-0.05, 0) is 30.4 Å². The summed E-state index contributed by atoms with van der Waals surface area (Å²) in [6.07, 6.45) is 10.4. The van der Waals surface area contributed by atoms with Gasteiger partial charge in [0, 0.05) is 23.6 Å². The molecule has 0 amide bonds. The predicted molar refractivity (Wildman–Crippen MR) is 119 cm³/mol. The summed E-state index contributed by atoms with van der Waals surface area (Å²) in [6, 6.07) is 17.0. The van der Waals surface area contributed by atoms with Crippen molar-refractivity contribution in [1.29, 1.82) is 0 Å². The van der Waals surface area contributed by atoms with Gasteiger partial charge in [-0.1, -0.05) is 66.1 Å². The molecule has 28 heavy (non-hydrogen) atoms. The van der Waals surface area contributed by atoms with E-state index in [1.54, 1.807) is 0 Å². The van der Waals surface area contributed by atoms with Gasteiger partial charge >= 0.3 is 0 Å². The van der Waals surface area contributed by atoms with E-state index in [1.165, 1.54) is 30.8 Å². The lowest BCUT2D eigenvalue weighted by molar-refractivity contribution is -0.658. The summed E-state index contributed by atoms with van der Waals surface area (Å²) >= 11 is 3.61. The first kappa shape index (κ1) is 20.6. The molecule has 5 heteroatoms. The highest BCUT2D eigenvalue weighted by molar-refractivity contribution is 8.03. The van der Waals surface area contributed by atoms with Crippen molar-refractivity contribution >= 4 is 45.1 Å². The van der Waals surface area contributed by atoms with Crippen LogP contribution in [0.4, 0.5) is 5.69 Å². The normalized spacial score (nSPS) is 14.4. The minimum Gasteiger partial charge on any atom is -1.00 e. The Labute approximate surface area is 185 Å². The molecule has 2 aromatic carbocycles. The van der Waals surface area contributed by atoms with Crippen LogP contribution in [-0.4, -0.2) is 6.54 Å². The Morgan fingerprint density at radius 2 is 1.79 bits per heavy atom. The molecule has 0 aliphatic carbocycles. The summed E-state index contributed by atoms with van der Waals surface area (Å²) in [6.45, 7) is 9.43. The fraction of sp³-hybridized carbons (Fsp3) is 0.0870. The van der Waals surface area contributed by atoms with Crippen molar-refractivity contribution in [3.63, 3.8) is 0 Å². The van der Waals surface area contributed by atoms with Crippen molar-refractivity contribution in [1.82, 2.24) is 0 Å². The first-order chi connectivity index (χ1) is 13.3. The summed E-state index contributed by atoms with van der Waals surface area (Å²) < 4.78 is 3.60. The maximum Gasteiger partial charge on any atom is 0.263 e. The van der Waals surface area contributed by atoms with Crippen molar-refractivity contribution < 1.29 is 21.5 Å². The van der Waals surface area contributed by atoms with Crippen molar-refractivity contribution in [2.75, 3.05) is 11.4 Å². The first-order valence-electron chi connectivity index (χ1n) is 8.88. The number of allylic oxidation sites excluding steroid dienone is 3. The minimum atomic E-state index is 0. The maximum absolute atomic E-state index is 3.91. The molecule has 0 atom stereocenters. The highest BCUT2D eigenvalue weighted by Gasteiger charge is 2.23. The second-order valence-electron chi connectivity index (χ2n) is 6.14. The number of nitrogens with zero attached hydrogens (tertiary/aromatic N) is 2. The van der Waals surface area contributed by atoms with E-state index in [2.05, 4.69) is 89.4 Å². The number of anilines is 1. The number of rotatable bonds is 6. The standard InChI is InChI=1S/C23H21N2S2.BrH/c1-3-16-24-18-10-5-7-12-20(18)26-22(24)14-9-15-23-25(17-4-2)19-11-6-8-13-21(19)27-23;/h3-15H,1-2,16-17H2;1H/q+1;/p-1. The average molecular weight is 469 g/mol. The van der Waals surface area contributed by atoms with Crippen LogP contribution in [-0.2, 0) is 6.54 Å². The number of halogens is 1. The Balaban J connectivity index is 0.00000225. The van der Waals surface area contributed by atoms with Gasteiger partial charge in [0.25, 0.3) is 5.01 Å². The number of fused-ring (bicyclic) bond motifs is 2. The molecular weight excluding hydrogens is 448 g/mol. The van der Waals surface area contributed by atoms with E-state index < -0.39 is 0 Å². The Hall–Kier alpha value is -2.08. The fourth-order valence-corrected chi connectivity index (χ4v) is 5.37. The van der Waals surface area contributed by atoms with Crippen LogP contribution in [0.5, 0.6) is 0 Å². The molecule has 1 aliphatic rings. The molecule has 0 radical (unpaired) electrons. The van der Waals surface area contributed by atoms with Gasteiger partial charge in [-0.3, -0.25) is 0 Å². The predicted octanol–water partition coefficient (Wildman–Crippen LogP) is 3.03. The van der Waals surface area contributed by atoms with Crippen LogP contribution in [0.1, 0.15) is 5.01 Å². The van der Waals surface area contributed by atoms with Gasteiger partial charge in [0.05, 0.1) is 10.7 Å². The Bertz CT molecular complexity index is 1070. The van der Waals surface area contributed by atoms with E-state index in [4.69, 9.17) is 0 Å². The number of benzene rings is 2. The van der Waals surface area contributed by atoms with E-state index >= 15 is 0 Å². The molecule has 3 aromatic rings. The topological polar surface area (TPSA) is 7.12 Å². The van der Waals surface area contributed by atoms with Crippen LogP contribution < -0.4 is 26.4 Å². The Morgan fingerprint density at radius 3 is 2.61 bits per heavy atom. The van der Waals surface area contributed by atoms with Gasteiger partial charge in [-0.2, -0.15) is 4.57 Å². The quantitative estimate of drug-likeness (QED) is 0.405. The molecule has 1 aliphatic heterocycles. The molecule has 0 N–H and O–H groups in total. The number of hydrogen-bond acceptors (Lipinski definition) is 3. The number of hydrogen-bond donors (Lipinski definition) is 0. The molecule has 0 spiro atoms. The van der Waals surface area contributed by atoms with Crippen LogP contribution in [0, 0.1) is 0 Å². The lowest BCUT2D eigenvalue weighted by atomic mass is 10.3. The molecule has 142 valence electrons. The van der Waals surface area contributed by atoms with Crippen LogP contribution in [0.25, 0.3) is 16.3 Å². The molecule has 0 saturated heterocycles. The summed E-state index contributed by atoms with van der Waals surface area (Å²) in [7, 11) is 0. The maximum atomic E-state index is 3.91. The molecule has 2 nitrogen and oxygen atoms in total. The molecule has 0 bridgehead atoms. The Morgan fingerprint density at radius 1 is 1.00 bits per heavy atom. The van der Waals surface area contributed by atoms with Crippen molar-refractivity contribution in [2.45, 2.75) is 11.4 Å². The zero-order chi connectivity index (χ0) is 18.6. The van der Waals surface area contributed by atoms with Gasteiger partial charge < -0.3 is 21.9 Å². The fourth-order valence-electron chi connectivity index (χ4n) is 3.20. The van der Waals surface area contributed by atoms with Crippen LogP contribution in [0.2, 0.25) is 0 Å². The highest BCUT2D eigenvalue weighted by Crippen LogP contribution is 2.45. The molecule has 0 fully saturated rings. The molecule has 0 saturated carbocycles. The number of thiazole rings is 1. The zero-order valence-electron chi connectivity index (χ0n) is 15.4. The number of thioether (sulfide) groups is 1. The van der Waals surface area contributed by atoms with E-state index in [0.717, 1.165) is 13.1 Å². The van der Waals surface area contributed by atoms with E-state index in [-0.39, 0.29) is 17.0 Å². The van der Waals surface area contributed by atoms with Gasteiger partial charge in [0.2, 0.25) is 5.52 Å². The summed E-state index contributed by atoms with van der Waals surface area (Å²) in [5.41, 5.74) is 2.51. The Kier molecular flexibility index (Phi) is 6.94. The third kappa shape index (κ3) is 4.02. The van der Waals surface area contributed by atoms with Gasteiger partial charge in [0.1, 0.15) is 4.70 Å². The highest BCUT2D eigenvalue weighted by atomic mass is 79.9. The van der Waals surface area contributed by atoms with Crippen molar-refractivity contribution in [3.8, 4) is 0 Å². The van der Waals surface area contributed by atoms with Crippen LogP contribution in [0.15, 0.2) is 95.9 Å². The number of para-hydroxylation sites is 2. The largest absolute Gasteiger partial charge is 1.00 e. The summed E-state index contributed by atoms with van der Waals surface area (Å²) in [5.74, 6) is 0. The zero-order valence-corrected chi connectivity index (χ0v) is 18.6. The molecule has 1 aromatic heterocycles. The SMILES string of the molecule is C=CCN1C(=CC=Cc2sc3ccccc3[n+]2CC=C)Sc2ccccc21.[Br-]. The second kappa shape index (κ2) is 9.41. The molecule has 0 unspecified atom stereocenters. The third-order valence-electron chi connectivity index (χ3n) is 4.37. The monoisotopic (exact) mass is 468 g/mol. The van der Waals surface area contributed by atoms with Crippen molar-refractivity contribution in [2.24, 2.45) is 0 Å². The van der Waals surface area contributed by atoms with Gasteiger partial charge in [-0.25, -0.2) is 0 Å². The molecule has 2 heterocycles. The van der Waals surface area contributed by atoms with E-state index in [9.17, 15) is 0 Å². The van der Waals surface area contributed by atoms with Gasteiger partial charge in [-0.15, -0.1) is 6.58 Å². The first-order valence-corrected chi connectivity index (χ1v) is 10.5. The van der Waals surface area contributed by atoms with Crippen LogP contribution >= 0.6 is 23.1 Å². The van der Waals surface area contributed by atoms with Gasteiger partial charge in [0.15, 0.2) is 6.54 Å². The molecular formula is C23H21BrN2S2. The van der Waals surface area contributed by atoms with E-state index in [0.29, 0.717) is 0 Å². The van der Waals surface area contributed by atoms with E-state index in [1.807, 2.05) is 35.3 Å². The van der Waals surface area contributed by atoms with Crippen molar-refractivity contribution in [3.05, 3.63) is 96.0 Å². The second-order valence-corrected chi connectivity index (χ2v) is 8.26. The minimum absolute atomic E-state index is 0. The average Bonchev–Trinajstić information content (AvgIpc) is 3.21. The smallest absolute Gasteiger partial charge is 0.263 e.